The Morgan fingerprint density at radius 2 is 2.09 bits per heavy atom. The van der Waals surface area contributed by atoms with Gasteiger partial charge in [0.2, 0.25) is 0 Å². The summed E-state index contributed by atoms with van der Waals surface area (Å²) in [6, 6.07) is 1.09. The number of carbonyl (C=O) groups excluding carboxylic acids is 1. The van der Waals surface area contributed by atoms with Crippen molar-refractivity contribution in [3.05, 3.63) is 23.2 Å². The number of rotatable bonds is 3. The van der Waals surface area contributed by atoms with Gasteiger partial charge in [-0.15, -0.1) is 0 Å². The number of carboxylic acids is 1. The van der Waals surface area contributed by atoms with E-state index in [0.717, 1.165) is 43.4 Å². The number of hydrogen-bond acceptors (Lipinski definition) is 3. The number of carbonyl (C=O) groups is 2. The molecule has 5 nitrogen and oxygen atoms in total. The van der Waals surface area contributed by atoms with E-state index in [1.165, 1.54) is 0 Å². The summed E-state index contributed by atoms with van der Waals surface area (Å²) in [7, 11) is 0. The van der Waals surface area contributed by atoms with E-state index >= 15 is 0 Å². The van der Waals surface area contributed by atoms with Crippen molar-refractivity contribution in [2.45, 2.75) is 64.5 Å². The molecule has 3 unspecified atom stereocenters. The lowest BCUT2D eigenvalue weighted by Gasteiger charge is -2.32. The largest absolute Gasteiger partial charge is 0.480 e. The summed E-state index contributed by atoms with van der Waals surface area (Å²) in [5.41, 5.74) is 0.956. The third kappa shape index (κ3) is 2.42. The van der Waals surface area contributed by atoms with Gasteiger partial charge in [0.25, 0.3) is 5.91 Å². The van der Waals surface area contributed by atoms with Gasteiger partial charge in [-0.3, -0.25) is 4.79 Å². The zero-order valence-corrected chi connectivity index (χ0v) is 13.2. The molecule has 1 N–H and O–H groups in total. The lowest BCUT2D eigenvalue weighted by molar-refractivity contribution is -0.141. The minimum Gasteiger partial charge on any atom is -0.480 e. The van der Waals surface area contributed by atoms with E-state index in [9.17, 15) is 14.7 Å². The normalized spacial score (nSPS) is 27.7. The van der Waals surface area contributed by atoms with E-state index in [1.54, 1.807) is 11.0 Å². The van der Waals surface area contributed by atoms with Crippen LogP contribution in [0.25, 0.3) is 0 Å². The summed E-state index contributed by atoms with van der Waals surface area (Å²) in [6.07, 6.45) is 5.43. The highest BCUT2D eigenvalue weighted by Gasteiger charge is 2.48. The average molecular weight is 305 g/mol. The predicted molar refractivity (Wildman–Crippen MR) is 80.8 cm³/mol. The minimum atomic E-state index is -0.901. The fourth-order valence-electron chi connectivity index (χ4n) is 4.08. The number of aliphatic carboxylic acids is 1. The summed E-state index contributed by atoms with van der Waals surface area (Å²) in [4.78, 5) is 26.0. The molecule has 1 aromatic rings. The molecule has 120 valence electrons. The zero-order chi connectivity index (χ0) is 15.9. The number of aryl methyl sites for hydroxylation is 2. The number of amides is 1. The maximum absolute atomic E-state index is 12.9. The standard InChI is InChI=1S/C17H23NO4/c1-3-14-10(2)8-15(22-14)16(19)18-12-7-5-4-6-11(12)9-13(18)17(20)21/h8,11-13H,3-7,9H2,1-2H3,(H,20,21). The topological polar surface area (TPSA) is 70.8 Å². The Balaban J connectivity index is 1.91. The van der Waals surface area contributed by atoms with Crippen molar-refractivity contribution >= 4 is 11.9 Å². The molecule has 1 aliphatic carbocycles. The van der Waals surface area contributed by atoms with Crippen molar-refractivity contribution in [1.29, 1.82) is 0 Å². The van der Waals surface area contributed by atoms with E-state index < -0.39 is 12.0 Å². The molecule has 1 saturated heterocycles. The van der Waals surface area contributed by atoms with Gasteiger partial charge in [0.15, 0.2) is 5.76 Å². The van der Waals surface area contributed by atoms with E-state index in [1.807, 2.05) is 13.8 Å². The molecule has 0 aromatic carbocycles. The first kappa shape index (κ1) is 15.1. The maximum atomic E-state index is 12.9. The average Bonchev–Trinajstić information content (AvgIpc) is 3.07. The van der Waals surface area contributed by atoms with Crippen LogP contribution in [0.1, 0.15) is 60.9 Å². The molecule has 5 heteroatoms. The lowest BCUT2D eigenvalue weighted by Crippen LogP contribution is -2.46. The van der Waals surface area contributed by atoms with Crippen molar-refractivity contribution in [3.8, 4) is 0 Å². The molecule has 2 heterocycles. The van der Waals surface area contributed by atoms with Gasteiger partial charge in [-0.1, -0.05) is 19.8 Å². The van der Waals surface area contributed by atoms with Gasteiger partial charge in [0.05, 0.1) is 0 Å². The first-order valence-corrected chi connectivity index (χ1v) is 8.17. The van der Waals surface area contributed by atoms with Gasteiger partial charge in [-0.25, -0.2) is 4.79 Å². The molecule has 0 bridgehead atoms. The molecular formula is C17H23NO4. The van der Waals surface area contributed by atoms with Crippen molar-refractivity contribution in [1.82, 2.24) is 4.90 Å². The summed E-state index contributed by atoms with van der Waals surface area (Å²) in [5.74, 6) is 0.244. The summed E-state index contributed by atoms with van der Waals surface area (Å²) in [5, 5.41) is 9.51. The smallest absolute Gasteiger partial charge is 0.326 e. The summed E-state index contributed by atoms with van der Waals surface area (Å²) in [6.45, 7) is 3.90. The van der Waals surface area contributed by atoms with Gasteiger partial charge in [0, 0.05) is 12.5 Å². The number of fused-ring (bicyclic) bond motifs is 1. The Kier molecular flexibility index (Phi) is 3.98. The van der Waals surface area contributed by atoms with Gasteiger partial charge in [-0.2, -0.15) is 0 Å². The lowest BCUT2D eigenvalue weighted by atomic mass is 9.84. The third-order valence-corrected chi connectivity index (χ3v) is 5.16. The van der Waals surface area contributed by atoms with Crippen molar-refractivity contribution in [3.63, 3.8) is 0 Å². The van der Waals surface area contributed by atoms with Crippen LogP contribution >= 0.6 is 0 Å². The zero-order valence-electron chi connectivity index (χ0n) is 13.2. The van der Waals surface area contributed by atoms with E-state index in [4.69, 9.17) is 4.42 Å². The van der Waals surface area contributed by atoms with Gasteiger partial charge in [0.1, 0.15) is 11.8 Å². The highest BCUT2D eigenvalue weighted by Crippen LogP contribution is 2.40. The monoisotopic (exact) mass is 305 g/mol. The van der Waals surface area contributed by atoms with Gasteiger partial charge < -0.3 is 14.4 Å². The van der Waals surface area contributed by atoms with Crippen molar-refractivity contribution < 1.29 is 19.1 Å². The molecular weight excluding hydrogens is 282 g/mol. The second kappa shape index (κ2) is 5.78. The second-order valence-electron chi connectivity index (χ2n) is 6.48. The second-order valence-corrected chi connectivity index (χ2v) is 6.48. The van der Waals surface area contributed by atoms with Crippen LogP contribution in [0.3, 0.4) is 0 Å². The molecule has 2 fully saturated rings. The molecule has 0 spiro atoms. The van der Waals surface area contributed by atoms with Crippen LogP contribution in [0.5, 0.6) is 0 Å². The Labute approximate surface area is 130 Å². The SMILES string of the molecule is CCc1oc(C(=O)N2C(C(=O)O)CC3CCCCC32)cc1C. The third-order valence-electron chi connectivity index (χ3n) is 5.16. The number of furan rings is 1. The maximum Gasteiger partial charge on any atom is 0.326 e. The molecule has 2 aliphatic rings. The van der Waals surface area contributed by atoms with Crippen LogP contribution in [-0.2, 0) is 11.2 Å². The quantitative estimate of drug-likeness (QED) is 0.932. The van der Waals surface area contributed by atoms with Crippen LogP contribution in [0, 0.1) is 12.8 Å². The molecule has 1 aromatic heterocycles. The molecule has 1 saturated carbocycles. The number of likely N-dealkylation sites (tertiary alicyclic amines) is 1. The highest BCUT2D eigenvalue weighted by atomic mass is 16.4. The Bertz CT molecular complexity index is 591. The van der Waals surface area contributed by atoms with Crippen molar-refractivity contribution in [2.24, 2.45) is 5.92 Å². The Hall–Kier alpha value is -1.78. The fraction of sp³-hybridized carbons (Fsp3) is 0.647. The van der Waals surface area contributed by atoms with E-state index in [0.29, 0.717) is 12.3 Å². The highest BCUT2D eigenvalue weighted by molar-refractivity contribution is 5.95. The first-order chi connectivity index (χ1) is 10.5. The molecule has 3 rings (SSSR count). The number of nitrogens with zero attached hydrogens (tertiary/aromatic N) is 1. The number of carboxylic acid groups (broad SMARTS) is 1. The van der Waals surface area contributed by atoms with E-state index in [2.05, 4.69) is 0 Å². The molecule has 22 heavy (non-hydrogen) atoms. The summed E-state index contributed by atoms with van der Waals surface area (Å²) >= 11 is 0. The van der Waals surface area contributed by atoms with Crippen LogP contribution in [0.2, 0.25) is 0 Å². The fourth-order valence-corrected chi connectivity index (χ4v) is 4.08. The van der Waals surface area contributed by atoms with Gasteiger partial charge >= 0.3 is 5.97 Å². The number of hydrogen-bond donors (Lipinski definition) is 1. The first-order valence-electron chi connectivity index (χ1n) is 8.17. The van der Waals surface area contributed by atoms with Gasteiger partial charge in [-0.05, 0) is 43.7 Å². The van der Waals surface area contributed by atoms with E-state index in [-0.39, 0.29) is 17.7 Å². The summed E-state index contributed by atoms with van der Waals surface area (Å²) < 4.78 is 5.66. The molecule has 3 atom stereocenters. The van der Waals surface area contributed by atoms with Crippen LogP contribution in [-0.4, -0.2) is 34.0 Å². The molecule has 0 radical (unpaired) electrons. The molecule has 1 amide bonds. The van der Waals surface area contributed by atoms with Crippen molar-refractivity contribution in [2.75, 3.05) is 0 Å². The Morgan fingerprint density at radius 3 is 2.73 bits per heavy atom. The molecule has 1 aliphatic heterocycles. The minimum absolute atomic E-state index is 0.0535. The van der Waals surface area contributed by atoms with Crippen LogP contribution < -0.4 is 0 Å². The van der Waals surface area contributed by atoms with Crippen LogP contribution in [0.15, 0.2) is 10.5 Å². The Morgan fingerprint density at radius 1 is 1.36 bits per heavy atom. The predicted octanol–water partition coefficient (Wildman–Crippen LogP) is 3.01. The van der Waals surface area contributed by atoms with Crippen LogP contribution in [0.4, 0.5) is 0 Å².